The van der Waals surface area contributed by atoms with Crippen molar-refractivity contribution in [3.8, 4) is 10.7 Å². The maximum atomic E-state index is 14.3. The average molecular weight is 437 g/mol. The molecule has 0 unspecified atom stereocenters. The molecule has 0 aliphatic carbocycles. The second-order valence-electron chi connectivity index (χ2n) is 5.81. The molecule has 1 N–H and O–H groups in total. The number of nitrogens with one attached hydrogen (secondary N) is 1. The number of hydrogen-bond donors (Lipinski definition) is 1. The smallest absolute Gasteiger partial charge is 0.246 e. The van der Waals surface area contributed by atoms with Gasteiger partial charge in [-0.3, -0.25) is 4.79 Å². The molecule has 6 nitrogen and oxygen atoms in total. The van der Waals surface area contributed by atoms with E-state index < -0.39 is 5.82 Å². The van der Waals surface area contributed by atoms with Crippen LogP contribution in [0, 0.1) is 5.82 Å². The highest BCUT2D eigenvalue weighted by Gasteiger charge is 2.24. The summed E-state index contributed by atoms with van der Waals surface area (Å²) in [5, 5.41) is 8.95. The van der Waals surface area contributed by atoms with Crippen LogP contribution in [0.5, 0.6) is 0 Å². The molecule has 1 aliphatic rings. The highest BCUT2D eigenvalue weighted by atomic mass is 79.9. The number of amides is 1. The SMILES string of the molecule is O=C1CCCN1c1ccc(NCc2nc(-c3cc(Br)cs3)no2)cc1F. The van der Waals surface area contributed by atoms with E-state index in [4.69, 9.17) is 4.52 Å². The minimum atomic E-state index is -0.431. The van der Waals surface area contributed by atoms with Crippen LogP contribution in [0.1, 0.15) is 18.7 Å². The Morgan fingerprint density at radius 2 is 2.27 bits per heavy atom. The lowest BCUT2D eigenvalue weighted by molar-refractivity contribution is -0.117. The Morgan fingerprint density at radius 1 is 1.38 bits per heavy atom. The Hall–Kier alpha value is -2.26. The summed E-state index contributed by atoms with van der Waals surface area (Å²) in [5.74, 6) is 0.457. The molecule has 0 radical (unpaired) electrons. The van der Waals surface area contributed by atoms with Crippen molar-refractivity contribution in [2.24, 2.45) is 0 Å². The number of nitrogens with zero attached hydrogens (tertiary/aromatic N) is 3. The first-order valence-electron chi connectivity index (χ1n) is 8.01. The molecule has 26 heavy (non-hydrogen) atoms. The zero-order valence-corrected chi connectivity index (χ0v) is 15.9. The second-order valence-corrected chi connectivity index (χ2v) is 7.64. The fourth-order valence-electron chi connectivity index (χ4n) is 2.77. The number of benzene rings is 1. The van der Waals surface area contributed by atoms with Gasteiger partial charge in [-0.2, -0.15) is 4.98 Å². The largest absolute Gasteiger partial charge is 0.376 e. The molecule has 3 aromatic rings. The maximum absolute atomic E-state index is 14.3. The van der Waals surface area contributed by atoms with E-state index in [1.165, 1.54) is 22.3 Å². The van der Waals surface area contributed by atoms with Crippen molar-refractivity contribution in [3.05, 3.63) is 45.8 Å². The van der Waals surface area contributed by atoms with Crippen LogP contribution in [0.2, 0.25) is 0 Å². The predicted molar refractivity (Wildman–Crippen MR) is 101 cm³/mol. The number of hydrogen-bond acceptors (Lipinski definition) is 6. The van der Waals surface area contributed by atoms with E-state index in [1.54, 1.807) is 12.1 Å². The van der Waals surface area contributed by atoms with Crippen molar-refractivity contribution in [1.82, 2.24) is 10.1 Å². The fourth-order valence-corrected chi connectivity index (χ4v) is 4.13. The Balaban J connectivity index is 1.43. The molecule has 0 saturated carbocycles. The van der Waals surface area contributed by atoms with E-state index in [0.29, 0.717) is 36.1 Å². The summed E-state index contributed by atoms with van der Waals surface area (Å²) in [4.78, 5) is 18.5. The lowest BCUT2D eigenvalue weighted by Crippen LogP contribution is -2.24. The number of carbonyl (C=O) groups excluding carboxylic acids is 1. The van der Waals surface area contributed by atoms with Gasteiger partial charge in [0, 0.05) is 28.5 Å². The van der Waals surface area contributed by atoms with Crippen molar-refractivity contribution in [2.45, 2.75) is 19.4 Å². The van der Waals surface area contributed by atoms with Gasteiger partial charge in [0.05, 0.1) is 17.1 Å². The van der Waals surface area contributed by atoms with E-state index in [1.807, 2.05) is 11.4 Å². The summed E-state index contributed by atoms with van der Waals surface area (Å²) in [7, 11) is 0. The van der Waals surface area contributed by atoms with Crippen LogP contribution in [0.3, 0.4) is 0 Å². The van der Waals surface area contributed by atoms with E-state index in [0.717, 1.165) is 15.8 Å². The molecule has 4 rings (SSSR count). The molecule has 1 aliphatic heterocycles. The first-order valence-corrected chi connectivity index (χ1v) is 9.68. The van der Waals surface area contributed by atoms with Crippen molar-refractivity contribution in [1.29, 1.82) is 0 Å². The predicted octanol–water partition coefficient (Wildman–Crippen LogP) is 4.44. The fraction of sp³-hybridized carbons (Fsp3) is 0.235. The van der Waals surface area contributed by atoms with Crippen molar-refractivity contribution in [3.63, 3.8) is 0 Å². The summed E-state index contributed by atoms with van der Waals surface area (Å²) >= 11 is 4.90. The van der Waals surface area contributed by atoms with Crippen LogP contribution in [-0.4, -0.2) is 22.6 Å². The average Bonchev–Trinajstić information content (AvgIpc) is 3.34. The quantitative estimate of drug-likeness (QED) is 0.639. The number of thiophene rings is 1. The van der Waals surface area contributed by atoms with Gasteiger partial charge in [-0.25, -0.2) is 4.39 Å². The zero-order valence-electron chi connectivity index (χ0n) is 13.5. The summed E-state index contributed by atoms with van der Waals surface area (Å²) in [6.45, 7) is 0.840. The summed E-state index contributed by atoms with van der Waals surface area (Å²) < 4.78 is 20.5. The summed E-state index contributed by atoms with van der Waals surface area (Å²) in [5.41, 5.74) is 0.901. The molecule has 9 heteroatoms. The van der Waals surface area contributed by atoms with Crippen molar-refractivity contribution >= 4 is 44.5 Å². The molecule has 1 saturated heterocycles. The molecular formula is C17H14BrFN4O2S. The first-order chi connectivity index (χ1) is 12.6. The van der Waals surface area contributed by atoms with Gasteiger partial charge in [0.1, 0.15) is 5.82 Å². The van der Waals surface area contributed by atoms with Crippen LogP contribution in [0.4, 0.5) is 15.8 Å². The van der Waals surface area contributed by atoms with E-state index in [-0.39, 0.29) is 12.5 Å². The molecule has 0 bridgehead atoms. The second kappa shape index (κ2) is 7.16. The van der Waals surface area contributed by atoms with E-state index >= 15 is 0 Å². The lowest BCUT2D eigenvalue weighted by atomic mass is 10.2. The Bertz CT molecular complexity index is 958. The van der Waals surface area contributed by atoms with Gasteiger partial charge in [-0.05, 0) is 46.6 Å². The molecule has 1 fully saturated rings. The summed E-state index contributed by atoms with van der Waals surface area (Å²) in [6.07, 6.45) is 1.23. The molecule has 2 aromatic heterocycles. The third-order valence-electron chi connectivity index (χ3n) is 4.01. The van der Waals surface area contributed by atoms with Gasteiger partial charge >= 0.3 is 0 Å². The minimum absolute atomic E-state index is 0.0387. The van der Waals surface area contributed by atoms with Gasteiger partial charge in [-0.1, -0.05) is 5.16 Å². The third kappa shape index (κ3) is 3.49. The van der Waals surface area contributed by atoms with Crippen molar-refractivity contribution < 1.29 is 13.7 Å². The van der Waals surface area contributed by atoms with Crippen LogP contribution in [-0.2, 0) is 11.3 Å². The topological polar surface area (TPSA) is 71.3 Å². The molecule has 1 amide bonds. The number of aromatic nitrogens is 2. The monoisotopic (exact) mass is 436 g/mol. The van der Waals surface area contributed by atoms with Crippen LogP contribution >= 0.6 is 27.3 Å². The minimum Gasteiger partial charge on any atom is -0.376 e. The molecule has 3 heterocycles. The van der Waals surface area contributed by atoms with Crippen LogP contribution < -0.4 is 10.2 Å². The summed E-state index contributed by atoms with van der Waals surface area (Å²) in [6, 6.07) is 6.63. The van der Waals surface area contributed by atoms with Gasteiger partial charge < -0.3 is 14.7 Å². The number of halogens is 2. The number of rotatable bonds is 5. The molecule has 1 aromatic carbocycles. The molecule has 134 valence electrons. The molecule has 0 atom stereocenters. The zero-order chi connectivity index (χ0) is 18.1. The third-order valence-corrected chi connectivity index (χ3v) is 5.70. The van der Waals surface area contributed by atoms with E-state index in [2.05, 4.69) is 31.4 Å². The molecular weight excluding hydrogens is 423 g/mol. The van der Waals surface area contributed by atoms with Crippen molar-refractivity contribution in [2.75, 3.05) is 16.8 Å². The molecule has 0 spiro atoms. The van der Waals surface area contributed by atoms with E-state index in [9.17, 15) is 9.18 Å². The number of carbonyl (C=O) groups is 1. The van der Waals surface area contributed by atoms with Gasteiger partial charge in [0.2, 0.25) is 17.6 Å². The maximum Gasteiger partial charge on any atom is 0.246 e. The highest BCUT2D eigenvalue weighted by Crippen LogP contribution is 2.29. The lowest BCUT2D eigenvalue weighted by Gasteiger charge is -2.17. The highest BCUT2D eigenvalue weighted by molar-refractivity contribution is 9.10. The Kier molecular flexibility index (Phi) is 4.73. The Labute approximate surface area is 161 Å². The van der Waals surface area contributed by atoms with Gasteiger partial charge in [-0.15, -0.1) is 11.3 Å². The first kappa shape index (κ1) is 17.2. The number of anilines is 2. The normalized spacial score (nSPS) is 14.2. The van der Waals surface area contributed by atoms with Crippen LogP contribution in [0.15, 0.2) is 38.6 Å². The Morgan fingerprint density at radius 3 is 2.96 bits per heavy atom. The standard InChI is InChI=1S/C17H14BrFN4O2S/c18-10-6-14(26-9-10)17-21-15(25-22-17)8-20-11-3-4-13(12(19)7-11)23-5-1-2-16(23)24/h3-4,6-7,9,20H,1-2,5,8H2. The van der Waals surface area contributed by atoms with Gasteiger partial charge in [0.25, 0.3) is 0 Å². The van der Waals surface area contributed by atoms with Gasteiger partial charge in [0.15, 0.2) is 0 Å². The van der Waals surface area contributed by atoms with Crippen LogP contribution in [0.25, 0.3) is 10.7 Å².